The van der Waals surface area contributed by atoms with Gasteiger partial charge in [0.2, 0.25) is 0 Å². The summed E-state index contributed by atoms with van der Waals surface area (Å²) in [6.07, 6.45) is 3.84. The summed E-state index contributed by atoms with van der Waals surface area (Å²) in [4.78, 5) is 6.21. The predicted octanol–water partition coefficient (Wildman–Crippen LogP) is 4.24. The van der Waals surface area contributed by atoms with E-state index in [2.05, 4.69) is 43.4 Å². The van der Waals surface area contributed by atoms with Crippen LogP contribution >= 0.6 is 11.3 Å². The first-order chi connectivity index (χ1) is 9.24. The molecule has 1 fully saturated rings. The Balaban J connectivity index is 1.90. The van der Waals surface area contributed by atoms with Gasteiger partial charge in [0.15, 0.2) is 0 Å². The number of hydrogen-bond donors (Lipinski definition) is 1. The maximum absolute atomic E-state index is 4.89. The zero-order chi connectivity index (χ0) is 13.2. The van der Waals surface area contributed by atoms with E-state index in [1.165, 1.54) is 40.3 Å². The molecule has 0 saturated carbocycles. The Morgan fingerprint density at radius 1 is 1.16 bits per heavy atom. The average Bonchev–Trinajstić information content (AvgIpc) is 2.83. The fraction of sp³-hybridized carbons (Fsp3) is 0.438. The van der Waals surface area contributed by atoms with Crippen molar-refractivity contribution in [1.82, 2.24) is 10.3 Å². The van der Waals surface area contributed by atoms with Crippen molar-refractivity contribution in [3.05, 3.63) is 39.7 Å². The quantitative estimate of drug-likeness (QED) is 0.884. The van der Waals surface area contributed by atoms with Gasteiger partial charge in [-0.15, -0.1) is 11.3 Å². The highest BCUT2D eigenvalue weighted by molar-refractivity contribution is 7.12. The molecule has 3 rings (SSSR count). The number of rotatable bonds is 2. The lowest BCUT2D eigenvalue weighted by atomic mass is 10.1. The summed E-state index contributed by atoms with van der Waals surface area (Å²) in [7, 11) is 0. The van der Waals surface area contributed by atoms with Gasteiger partial charge < -0.3 is 5.32 Å². The summed E-state index contributed by atoms with van der Waals surface area (Å²) in [6.45, 7) is 5.43. The van der Waals surface area contributed by atoms with E-state index in [0.717, 1.165) is 12.2 Å². The van der Waals surface area contributed by atoms with E-state index in [9.17, 15) is 0 Å². The van der Waals surface area contributed by atoms with Gasteiger partial charge in [-0.2, -0.15) is 0 Å². The lowest BCUT2D eigenvalue weighted by Gasteiger charge is -2.21. The molecule has 1 unspecified atom stereocenters. The van der Waals surface area contributed by atoms with Crippen LogP contribution in [0.1, 0.15) is 40.8 Å². The number of aromatic nitrogens is 1. The Hall–Kier alpha value is -1.19. The highest BCUT2D eigenvalue weighted by atomic mass is 32.1. The first kappa shape index (κ1) is 12.8. The third-order valence-corrected chi connectivity index (χ3v) is 4.83. The monoisotopic (exact) mass is 272 g/mol. The SMILES string of the molecule is Cc1ccc(-c2nc(C3CCCCN3)sc2C)cc1. The number of piperidine rings is 1. The van der Waals surface area contributed by atoms with Crippen LogP contribution in [0.4, 0.5) is 0 Å². The second kappa shape index (κ2) is 5.43. The van der Waals surface area contributed by atoms with Crippen LogP contribution in [0.2, 0.25) is 0 Å². The van der Waals surface area contributed by atoms with Crippen molar-refractivity contribution < 1.29 is 0 Å². The topological polar surface area (TPSA) is 24.9 Å². The second-order valence-corrected chi connectivity index (χ2v) is 6.56. The molecular weight excluding hydrogens is 252 g/mol. The van der Waals surface area contributed by atoms with Gasteiger partial charge in [-0.3, -0.25) is 0 Å². The van der Waals surface area contributed by atoms with Crippen LogP contribution in [0.3, 0.4) is 0 Å². The van der Waals surface area contributed by atoms with Crippen LogP contribution in [-0.4, -0.2) is 11.5 Å². The van der Waals surface area contributed by atoms with Gasteiger partial charge in [0.05, 0.1) is 11.7 Å². The number of benzene rings is 1. The fourth-order valence-electron chi connectivity index (χ4n) is 2.61. The summed E-state index contributed by atoms with van der Waals surface area (Å²) in [5.41, 5.74) is 3.69. The Labute approximate surface area is 118 Å². The number of nitrogens with zero attached hydrogens (tertiary/aromatic N) is 1. The van der Waals surface area contributed by atoms with E-state index in [-0.39, 0.29) is 0 Å². The molecule has 2 heterocycles. The Morgan fingerprint density at radius 2 is 1.95 bits per heavy atom. The largest absolute Gasteiger partial charge is 0.308 e. The van der Waals surface area contributed by atoms with Crippen molar-refractivity contribution in [3.8, 4) is 11.3 Å². The molecule has 1 aliphatic heterocycles. The summed E-state index contributed by atoms with van der Waals surface area (Å²) < 4.78 is 0. The molecule has 2 aromatic rings. The average molecular weight is 272 g/mol. The van der Waals surface area contributed by atoms with Crippen LogP contribution in [0, 0.1) is 13.8 Å². The minimum absolute atomic E-state index is 0.469. The Morgan fingerprint density at radius 3 is 2.63 bits per heavy atom. The summed E-state index contributed by atoms with van der Waals surface area (Å²) in [6, 6.07) is 9.14. The number of hydrogen-bond acceptors (Lipinski definition) is 3. The van der Waals surface area contributed by atoms with Crippen LogP contribution < -0.4 is 5.32 Å². The fourth-order valence-corrected chi connectivity index (χ4v) is 3.66. The van der Waals surface area contributed by atoms with Crippen LogP contribution in [0.5, 0.6) is 0 Å². The molecule has 3 heteroatoms. The molecule has 0 aliphatic carbocycles. The van der Waals surface area contributed by atoms with Crippen LogP contribution in [-0.2, 0) is 0 Å². The molecule has 1 atom stereocenters. The van der Waals surface area contributed by atoms with E-state index in [1.807, 2.05) is 11.3 Å². The lowest BCUT2D eigenvalue weighted by Crippen LogP contribution is -2.26. The first-order valence-electron chi connectivity index (χ1n) is 7.02. The van der Waals surface area contributed by atoms with Gasteiger partial charge in [0.25, 0.3) is 0 Å². The van der Waals surface area contributed by atoms with E-state index in [0.29, 0.717) is 6.04 Å². The number of thiazole rings is 1. The third kappa shape index (κ3) is 2.72. The van der Waals surface area contributed by atoms with Crippen LogP contribution in [0.15, 0.2) is 24.3 Å². The minimum Gasteiger partial charge on any atom is -0.308 e. The standard InChI is InChI=1S/C16H20N2S/c1-11-6-8-13(9-7-11)15-12(2)19-16(18-15)14-5-3-4-10-17-14/h6-9,14,17H,3-5,10H2,1-2H3. The summed E-state index contributed by atoms with van der Waals surface area (Å²) in [5, 5.41) is 4.84. The van der Waals surface area contributed by atoms with E-state index in [1.54, 1.807) is 0 Å². The van der Waals surface area contributed by atoms with Gasteiger partial charge in [0, 0.05) is 10.4 Å². The highest BCUT2D eigenvalue weighted by Crippen LogP contribution is 2.33. The van der Waals surface area contributed by atoms with Crippen molar-refractivity contribution in [2.24, 2.45) is 0 Å². The van der Waals surface area contributed by atoms with Crippen molar-refractivity contribution >= 4 is 11.3 Å². The van der Waals surface area contributed by atoms with Crippen LogP contribution in [0.25, 0.3) is 11.3 Å². The van der Waals surface area contributed by atoms with Crippen molar-refractivity contribution in [1.29, 1.82) is 0 Å². The van der Waals surface area contributed by atoms with E-state index < -0.39 is 0 Å². The Kier molecular flexibility index (Phi) is 3.67. The molecule has 2 nitrogen and oxygen atoms in total. The smallest absolute Gasteiger partial charge is 0.111 e. The maximum atomic E-state index is 4.89. The maximum Gasteiger partial charge on any atom is 0.111 e. The summed E-state index contributed by atoms with van der Waals surface area (Å²) >= 11 is 1.85. The van der Waals surface area contributed by atoms with Gasteiger partial charge in [0.1, 0.15) is 5.01 Å². The molecule has 1 N–H and O–H groups in total. The molecule has 1 aromatic carbocycles. The molecule has 19 heavy (non-hydrogen) atoms. The zero-order valence-electron chi connectivity index (χ0n) is 11.6. The Bertz CT molecular complexity index is 551. The van der Waals surface area contributed by atoms with Crippen molar-refractivity contribution in [2.75, 3.05) is 6.54 Å². The van der Waals surface area contributed by atoms with E-state index in [4.69, 9.17) is 4.98 Å². The number of nitrogens with one attached hydrogen (secondary N) is 1. The summed E-state index contributed by atoms with van der Waals surface area (Å²) in [5.74, 6) is 0. The normalized spacial score (nSPS) is 19.6. The first-order valence-corrected chi connectivity index (χ1v) is 7.83. The zero-order valence-corrected chi connectivity index (χ0v) is 12.4. The lowest BCUT2D eigenvalue weighted by molar-refractivity contribution is 0.411. The van der Waals surface area contributed by atoms with Crippen molar-refractivity contribution in [2.45, 2.75) is 39.2 Å². The molecule has 0 spiro atoms. The molecule has 1 aromatic heterocycles. The van der Waals surface area contributed by atoms with Gasteiger partial charge >= 0.3 is 0 Å². The molecule has 1 aliphatic rings. The number of aryl methyl sites for hydroxylation is 2. The molecule has 1 saturated heterocycles. The minimum atomic E-state index is 0.469. The second-order valence-electron chi connectivity index (χ2n) is 5.33. The molecular formula is C16H20N2S. The van der Waals surface area contributed by atoms with E-state index >= 15 is 0 Å². The van der Waals surface area contributed by atoms with Gasteiger partial charge in [-0.1, -0.05) is 36.2 Å². The van der Waals surface area contributed by atoms with Gasteiger partial charge in [-0.05, 0) is 33.2 Å². The molecule has 100 valence electrons. The highest BCUT2D eigenvalue weighted by Gasteiger charge is 2.20. The third-order valence-electron chi connectivity index (χ3n) is 3.75. The van der Waals surface area contributed by atoms with Gasteiger partial charge in [-0.25, -0.2) is 4.98 Å². The van der Waals surface area contributed by atoms with Crippen molar-refractivity contribution in [3.63, 3.8) is 0 Å². The molecule has 0 bridgehead atoms. The molecule has 0 amide bonds. The molecule has 0 radical (unpaired) electrons. The predicted molar refractivity (Wildman–Crippen MR) is 81.6 cm³/mol.